The predicted octanol–water partition coefficient (Wildman–Crippen LogP) is 18.6. The molecular formula is C68H73N3O. The maximum atomic E-state index is 12.8. The van der Waals surface area contributed by atoms with Crippen LogP contribution in [-0.4, -0.2) is 19.6 Å². The molecule has 7 aromatic carbocycles. The summed E-state index contributed by atoms with van der Waals surface area (Å²) in [5, 5.41) is 12.8. The molecule has 0 aliphatic rings. The molecule has 4 heteroatoms. The molecule has 9 aromatic rings. The predicted molar refractivity (Wildman–Crippen MR) is 307 cm³/mol. The maximum Gasteiger partial charge on any atom is 0.149 e. The second kappa shape index (κ2) is 18.2. The second-order valence-corrected chi connectivity index (χ2v) is 25.1. The summed E-state index contributed by atoms with van der Waals surface area (Å²) in [7, 11) is 0. The molecule has 0 spiro atoms. The van der Waals surface area contributed by atoms with Crippen LogP contribution in [-0.2, 0) is 27.1 Å². The van der Waals surface area contributed by atoms with Crippen LogP contribution >= 0.6 is 0 Å². The van der Waals surface area contributed by atoms with Crippen LogP contribution in [0.15, 0.2) is 164 Å². The number of fused-ring (bicyclic) bond motifs is 1. The summed E-state index contributed by atoms with van der Waals surface area (Å²) >= 11 is 0. The first-order valence-corrected chi connectivity index (χ1v) is 25.7. The lowest BCUT2D eigenvalue weighted by atomic mass is 9.78. The molecule has 2 heterocycles. The van der Waals surface area contributed by atoms with E-state index in [2.05, 4.69) is 266 Å². The number of pyridine rings is 1. The minimum Gasteiger partial charge on any atom is -0.507 e. The van der Waals surface area contributed by atoms with Crippen LogP contribution in [0.1, 0.15) is 132 Å². The Hall–Kier alpha value is -7.04. The third kappa shape index (κ3) is 9.81. The minimum absolute atomic E-state index is 0.0730. The van der Waals surface area contributed by atoms with Crippen molar-refractivity contribution in [2.75, 3.05) is 0 Å². The number of hydrogen-bond acceptors (Lipinski definition) is 3. The van der Waals surface area contributed by atoms with Crippen molar-refractivity contribution in [1.29, 1.82) is 0 Å². The first kappa shape index (κ1) is 49.9. The molecule has 0 amide bonds. The maximum absolute atomic E-state index is 12.8. The lowest BCUT2D eigenvalue weighted by Gasteiger charge is -2.28. The van der Waals surface area contributed by atoms with E-state index >= 15 is 0 Å². The number of rotatable bonds is 7. The van der Waals surface area contributed by atoms with Gasteiger partial charge in [0.2, 0.25) is 0 Å². The van der Waals surface area contributed by atoms with Crippen molar-refractivity contribution in [3.8, 4) is 78.6 Å². The Labute approximate surface area is 429 Å². The van der Waals surface area contributed by atoms with Crippen molar-refractivity contribution < 1.29 is 5.11 Å². The molecule has 0 fully saturated rings. The van der Waals surface area contributed by atoms with Crippen molar-refractivity contribution in [3.63, 3.8) is 0 Å². The van der Waals surface area contributed by atoms with Gasteiger partial charge in [-0.1, -0.05) is 213 Å². The minimum atomic E-state index is -0.350. The second-order valence-electron chi connectivity index (χ2n) is 25.1. The van der Waals surface area contributed by atoms with Crippen LogP contribution in [0.3, 0.4) is 0 Å². The topological polar surface area (TPSA) is 50.9 Å². The molecule has 2 aromatic heterocycles. The molecule has 1 N–H and O–H groups in total. The fraction of sp³-hybridized carbons (Fsp3) is 0.294. The summed E-state index contributed by atoms with van der Waals surface area (Å²) in [4.78, 5) is 10.8. The van der Waals surface area contributed by atoms with E-state index in [1.54, 1.807) is 0 Å². The SMILES string of the molecule is CC(C)(C)c1ccc(-c2ccnc(-c3cc(-c4cccc5c4nc(-c4cc(C(C)(C)C)cc(C(C)(C)C)c4O)n5-c4cc(-c5ccccc5)c(C(C)(C)C)cc4-c4ccccc4)cc(C(C)(C)C)c3)c2)cc1. The van der Waals surface area contributed by atoms with E-state index in [0.29, 0.717) is 11.4 Å². The van der Waals surface area contributed by atoms with E-state index in [0.717, 1.165) is 83.6 Å². The number of phenols is 1. The number of para-hydroxylation sites is 1. The molecule has 0 unspecified atom stereocenters. The third-order valence-electron chi connectivity index (χ3n) is 14.3. The van der Waals surface area contributed by atoms with Crippen LogP contribution in [0.2, 0.25) is 0 Å². The molecule has 9 rings (SSSR count). The van der Waals surface area contributed by atoms with E-state index in [9.17, 15) is 5.11 Å². The van der Waals surface area contributed by atoms with Crippen molar-refractivity contribution in [1.82, 2.24) is 14.5 Å². The highest BCUT2D eigenvalue weighted by Crippen LogP contribution is 2.48. The molecule has 0 aliphatic carbocycles. The first-order chi connectivity index (χ1) is 33.8. The molecule has 0 radical (unpaired) electrons. The summed E-state index contributed by atoms with van der Waals surface area (Å²) in [5.74, 6) is 0.936. The average Bonchev–Trinajstić information content (AvgIpc) is 3.72. The van der Waals surface area contributed by atoms with Crippen LogP contribution in [0.5, 0.6) is 5.75 Å². The third-order valence-corrected chi connectivity index (χ3v) is 14.3. The van der Waals surface area contributed by atoms with E-state index < -0.39 is 0 Å². The molecule has 366 valence electrons. The lowest BCUT2D eigenvalue weighted by molar-refractivity contribution is 0.446. The molecule has 0 aliphatic heterocycles. The summed E-state index contributed by atoms with van der Waals surface area (Å²) in [6.07, 6.45) is 1.93. The molecular weight excluding hydrogens is 875 g/mol. The Balaban J connectivity index is 1.38. The van der Waals surface area contributed by atoms with Gasteiger partial charge in [0.25, 0.3) is 0 Å². The largest absolute Gasteiger partial charge is 0.507 e. The normalized spacial score (nSPS) is 12.7. The van der Waals surface area contributed by atoms with Gasteiger partial charge in [0.1, 0.15) is 11.6 Å². The van der Waals surface area contributed by atoms with Gasteiger partial charge in [-0.25, -0.2) is 4.98 Å². The van der Waals surface area contributed by atoms with Crippen molar-refractivity contribution in [2.24, 2.45) is 0 Å². The van der Waals surface area contributed by atoms with Gasteiger partial charge in [-0.15, -0.1) is 0 Å². The van der Waals surface area contributed by atoms with Gasteiger partial charge < -0.3 is 5.11 Å². The molecule has 0 bridgehead atoms. The number of nitrogens with zero attached hydrogens (tertiary/aromatic N) is 3. The Kier molecular flexibility index (Phi) is 12.6. The fourth-order valence-corrected chi connectivity index (χ4v) is 9.96. The van der Waals surface area contributed by atoms with Crippen molar-refractivity contribution >= 4 is 11.0 Å². The van der Waals surface area contributed by atoms with Crippen LogP contribution in [0.25, 0.3) is 83.9 Å². The van der Waals surface area contributed by atoms with E-state index in [1.807, 2.05) is 6.20 Å². The Bertz CT molecular complexity index is 3450. The highest BCUT2D eigenvalue weighted by Gasteiger charge is 2.31. The lowest BCUT2D eigenvalue weighted by Crippen LogP contribution is -2.17. The highest BCUT2D eigenvalue weighted by molar-refractivity contribution is 5.98. The first-order valence-electron chi connectivity index (χ1n) is 25.7. The summed E-state index contributed by atoms with van der Waals surface area (Å²) in [5.41, 5.74) is 19.3. The monoisotopic (exact) mass is 948 g/mol. The number of imidazole rings is 1. The number of aromatic nitrogens is 3. The van der Waals surface area contributed by atoms with Crippen LogP contribution in [0.4, 0.5) is 0 Å². The zero-order valence-electron chi connectivity index (χ0n) is 45.4. The van der Waals surface area contributed by atoms with Gasteiger partial charge in [-0.3, -0.25) is 9.55 Å². The van der Waals surface area contributed by atoms with Gasteiger partial charge in [0, 0.05) is 28.5 Å². The standard InChI is InChI=1S/C68H73N3O/c1-64(2,3)49-31-29-43(30-32-49)46-33-34-69-58(38-46)48-35-47(36-50(37-48)65(4,5)6)52-27-22-28-59-61(52)70-63(55-39-51(66(7,8)9)40-57(62(55)72)68(13,14)15)71(59)60-42-53(44-23-18-16-19-24-44)56(67(10,11)12)41-54(60)45-25-20-17-21-26-45/h16-42,72H,1-15H3. The van der Waals surface area contributed by atoms with Gasteiger partial charge in [0.05, 0.1) is 28.0 Å². The molecule has 0 atom stereocenters. The number of hydrogen-bond donors (Lipinski definition) is 1. The van der Waals surface area contributed by atoms with Crippen molar-refractivity contribution in [3.05, 3.63) is 192 Å². The zero-order valence-corrected chi connectivity index (χ0v) is 45.4. The van der Waals surface area contributed by atoms with Crippen LogP contribution in [0, 0.1) is 0 Å². The molecule has 0 saturated carbocycles. The summed E-state index contributed by atoms with van der Waals surface area (Å²) < 4.78 is 2.33. The smallest absolute Gasteiger partial charge is 0.149 e. The molecule has 4 nitrogen and oxygen atoms in total. The molecule has 0 saturated heterocycles. The van der Waals surface area contributed by atoms with Crippen molar-refractivity contribution in [2.45, 2.75) is 131 Å². The molecule has 72 heavy (non-hydrogen) atoms. The zero-order chi connectivity index (χ0) is 51.7. The number of phenolic OH excluding ortho intramolecular Hbond substituents is 1. The summed E-state index contributed by atoms with van der Waals surface area (Å²) in [6, 6.07) is 57.4. The quantitative estimate of drug-likeness (QED) is 0.173. The van der Waals surface area contributed by atoms with Crippen LogP contribution < -0.4 is 0 Å². The van der Waals surface area contributed by atoms with Gasteiger partial charge >= 0.3 is 0 Å². The van der Waals surface area contributed by atoms with E-state index in [1.165, 1.54) is 16.7 Å². The average molecular weight is 948 g/mol. The Morgan fingerprint density at radius 2 is 0.944 bits per heavy atom. The number of aromatic hydroxyl groups is 1. The number of benzene rings is 7. The fourth-order valence-electron chi connectivity index (χ4n) is 9.96. The highest BCUT2D eigenvalue weighted by atomic mass is 16.3. The van der Waals surface area contributed by atoms with Gasteiger partial charge in [-0.2, -0.15) is 0 Å². The summed E-state index contributed by atoms with van der Waals surface area (Å²) in [6.45, 7) is 33.8. The van der Waals surface area contributed by atoms with E-state index in [4.69, 9.17) is 9.97 Å². The van der Waals surface area contributed by atoms with Gasteiger partial charge in [0.15, 0.2) is 0 Å². The Morgan fingerprint density at radius 1 is 0.375 bits per heavy atom. The Morgan fingerprint density at radius 3 is 1.53 bits per heavy atom. The van der Waals surface area contributed by atoms with E-state index in [-0.39, 0.29) is 32.8 Å². The van der Waals surface area contributed by atoms with Gasteiger partial charge in [-0.05, 0) is 131 Å².